The van der Waals surface area contributed by atoms with Crippen LogP contribution in [0.3, 0.4) is 0 Å². The minimum atomic E-state index is -0.594. The van der Waals surface area contributed by atoms with Crippen LogP contribution in [0.4, 0.5) is 0 Å². The Labute approximate surface area is 422 Å². The van der Waals surface area contributed by atoms with E-state index in [-0.39, 0.29) is 31.6 Å². The fourth-order valence-corrected chi connectivity index (χ4v) is 8.15. The second-order valence-corrected chi connectivity index (χ2v) is 19.2. The van der Waals surface area contributed by atoms with Gasteiger partial charge >= 0.3 is 11.9 Å². The average Bonchev–Trinajstić information content (AvgIpc) is 3.34. The number of hydrogen-bond donors (Lipinski definition) is 0. The van der Waals surface area contributed by atoms with Crippen LogP contribution in [0.1, 0.15) is 278 Å². The number of rotatable bonds is 53. The molecule has 0 N–H and O–H groups in total. The van der Waals surface area contributed by atoms with E-state index in [0.29, 0.717) is 13.0 Å². The minimum absolute atomic E-state index is 0.0444. The van der Waals surface area contributed by atoms with Crippen LogP contribution in [0, 0.1) is 0 Å². The van der Waals surface area contributed by atoms with Crippen LogP contribution in [-0.4, -0.2) is 37.9 Å². The number of carbonyl (C=O) groups excluding carboxylic acids is 2. The first kappa shape index (κ1) is 65.1. The molecule has 0 aromatic heterocycles. The fourth-order valence-electron chi connectivity index (χ4n) is 8.15. The Hall–Kier alpha value is -2.92. The van der Waals surface area contributed by atoms with Crippen molar-refractivity contribution in [3.8, 4) is 0 Å². The second kappa shape index (κ2) is 58.4. The van der Waals surface area contributed by atoms with Crippen LogP contribution >= 0.6 is 0 Å². The smallest absolute Gasteiger partial charge is 0.310 e. The molecule has 0 radical (unpaired) electrons. The summed E-state index contributed by atoms with van der Waals surface area (Å²) in [6.07, 6.45) is 77.8. The molecule has 392 valence electrons. The number of unbranched alkanes of at least 4 members (excludes halogenated alkanes) is 29. The summed E-state index contributed by atoms with van der Waals surface area (Å²) >= 11 is 0. The van der Waals surface area contributed by atoms with Gasteiger partial charge in [-0.1, -0.05) is 273 Å². The lowest BCUT2D eigenvalue weighted by Gasteiger charge is -2.18. The predicted molar refractivity (Wildman–Crippen MR) is 297 cm³/mol. The van der Waals surface area contributed by atoms with E-state index < -0.39 is 6.10 Å². The van der Waals surface area contributed by atoms with E-state index in [1.165, 1.54) is 180 Å². The molecule has 0 saturated heterocycles. The summed E-state index contributed by atoms with van der Waals surface area (Å²) < 4.78 is 17.4. The van der Waals surface area contributed by atoms with Crippen molar-refractivity contribution in [3.05, 3.63) is 85.1 Å². The molecule has 0 amide bonds. The molecule has 0 bridgehead atoms. The number of hydrogen-bond acceptors (Lipinski definition) is 5. The first-order valence-electron chi connectivity index (χ1n) is 29.1. The zero-order valence-corrected chi connectivity index (χ0v) is 45.1. The van der Waals surface area contributed by atoms with E-state index in [4.69, 9.17) is 14.2 Å². The van der Waals surface area contributed by atoms with E-state index in [2.05, 4.69) is 93.7 Å². The third-order valence-electron chi connectivity index (χ3n) is 12.4. The molecular weight excluding hydrogens is 837 g/mol. The molecule has 1 unspecified atom stereocenters. The molecule has 0 fully saturated rings. The Morgan fingerprint density at radius 3 is 1.16 bits per heavy atom. The van der Waals surface area contributed by atoms with Crippen molar-refractivity contribution < 1.29 is 23.8 Å². The van der Waals surface area contributed by atoms with Gasteiger partial charge in [-0.2, -0.15) is 0 Å². The summed E-state index contributed by atoms with van der Waals surface area (Å²) in [6, 6.07) is 0. The normalized spacial score (nSPS) is 12.8. The second-order valence-electron chi connectivity index (χ2n) is 19.2. The van der Waals surface area contributed by atoms with Crippen LogP contribution in [-0.2, 0) is 23.8 Å². The molecule has 0 aliphatic heterocycles. The molecular formula is C63H110O5. The van der Waals surface area contributed by atoms with Gasteiger partial charge in [-0.25, -0.2) is 0 Å². The van der Waals surface area contributed by atoms with Crippen LogP contribution in [0.2, 0.25) is 0 Å². The fraction of sp³-hybridized carbons (Fsp3) is 0.746. The highest BCUT2D eigenvalue weighted by Gasteiger charge is 2.17. The van der Waals surface area contributed by atoms with Gasteiger partial charge in [0, 0.05) is 13.0 Å². The zero-order chi connectivity index (χ0) is 49.2. The Balaban J connectivity index is 4.34. The predicted octanol–water partition coefficient (Wildman–Crippen LogP) is 20.0. The molecule has 0 aliphatic rings. The molecule has 0 spiro atoms. The Kier molecular flexibility index (Phi) is 55.9. The number of allylic oxidation sites excluding steroid dienone is 13. The van der Waals surface area contributed by atoms with Crippen molar-refractivity contribution >= 4 is 11.9 Å². The van der Waals surface area contributed by atoms with Crippen LogP contribution in [0.5, 0.6) is 0 Å². The van der Waals surface area contributed by atoms with E-state index >= 15 is 0 Å². The highest BCUT2D eigenvalue weighted by atomic mass is 16.6. The lowest BCUT2D eigenvalue weighted by Crippen LogP contribution is -2.29. The van der Waals surface area contributed by atoms with Crippen molar-refractivity contribution in [3.63, 3.8) is 0 Å². The van der Waals surface area contributed by atoms with Gasteiger partial charge < -0.3 is 14.2 Å². The number of carbonyl (C=O) groups is 2. The quantitative estimate of drug-likeness (QED) is 0.0345. The van der Waals surface area contributed by atoms with Gasteiger partial charge in [0.2, 0.25) is 0 Å². The monoisotopic (exact) mass is 947 g/mol. The molecule has 5 heteroatoms. The molecule has 0 rings (SSSR count). The molecule has 0 aromatic carbocycles. The topological polar surface area (TPSA) is 61.8 Å². The maximum atomic E-state index is 12.8. The molecule has 1 atom stereocenters. The van der Waals surface area contributed by atoms with Gasteiger partial charge in [0.05, 0.1) is 13.0 Å². The van der Waals surface area contributed by atoms with Gasteiger partial charge in [0.15, 0.2) is 6.10 Å². The van der Waals surface area contributed by atoms with Crippen molar-refractivity contribution in [2.45, 2.75) is 284 Å². The van der Waals surface area contributed by atoms with E-state index in [1.807, 2.05) is 12.2 Å². The van der Waals surface area contributed by atoms with E-state index in [1.54, 1.807) is 0 Å². The SMILES string of the molecule is CC/C=C\C/C=C\C/C=C\C/C=C\C/C=C\CC(=O)OC(COCCCCCCCCCCCC/C=C\C/C=C\CCCCC)COC(=O)CCCCCCCCCCCCCCCCCCC. The lowest BCUT2D eigenvalue weighted by molar-refractivity contribution is -0.162. The van der Waals surface area contributed by atoms with Crippen LogP contribution < -0.4 is 0 Å². The Bertz CT molecular complexity index is 1250. The highest BCUT2D eigenvalue weighted by Crippen LogP contribution is 2.16. The van der Waals surface area contributed by atoms with Crippen molar-refractivity contribution in [2.75, 3.05) is 19.8 Å². The molecule has 0 heterocycles. The number of ether oxygens (including phenoxy) is 3. The summed E-state index contributed by atoms with van der Waals surface area (Å²) in [5, 5.41) is 0. The standard InChI is InChI=1S/C63H110O5/c1-4-7-10-13-16-19-22-25-28-30-31-32-34-37-40-43-46-49-52-55-58-66-59-61(68-63(65)57-54-51-48-45-42-39-35-27-24-21-18-15-12-9-6-3)60-67-62(64)56-53-50-47-44-41-38-36-33-29-26-23-20-17-14-11-8-5-2/h9,12,16,18-19,21,25,27-28,35,42,45,51,54,61H,4-8,10-11,13-15,17,20,22-24,26,29-34,36-41,43-44,46-50,52-53,55-60H2,1-3H3/b12-9-,19-16-,21-18-,28-25-,35-27-,45-42-,54-51-. The molecule has 5 nitrogen and oxygen atoms in total. The maximum absolute atomic E-state index is 12.8. The van der Waals surface area contributed by atoms with Crippen molar-refractivity contribution in [1.82, 2.24) is 0 Å². The van der Waals surface area contributed by atoms with Crippen molar-refractivity contribution in [1.29, 1.82) is 0 Å². The largest absolute Gasteiger partial charge is 0.462 e. The average molecular weight is 948 g/mol. The number of esters is 2. The summed E-state index contributed by atoms with van der Waals surface area (Å²) in [6.45, 7) is 7.61. The zero-order valence-electron chi connectivity index (χ0n) is 45.1. The van der Waals surface area contributed by atoms with Gasteiger partial charge in [0.25, 0.3) is 0 Å². The Morgan fingerprint density at radius 2 is 0.706 bits per heavy atom. The first-order valence-corrected chi connectivity index (χ1v) is 29.1. The molecule has 68 heavy (non-hydrogen) atoms. The van der Waals surface area contributed by atoms with Gasteiger partial charge in [0.1, 0.15) is 6.61 Å². The molecule has 0 saturated carbocycles. The van der Waals surface area contributed by atoms with Crippen LogP contribution in [0.25, 0.3) is 0 Å². The van der Waals surface area contributed by atoms with Crippen LogP contribution in [0.15, 0.2) is 85.1 Å². The highest BCUT2D eigenvalue weighted by molar-refractivity contribution is 5.71. The molecule has 0 aromatic rings. The Morgan fingerprint density at radius 1 is 0.353 bits per heavy atom. The third-order valence-corrected chi connectivity index (χ3v) is 12.4. The van der Waals surface area contributed by atoms with Gasteiger partial charge in [-0.05, 0) is 77.0 Å². The van der Waals surface area contributed by atoms with E-state index in [9.17, 15) is 9.59 Å². The van der Waals surface area contributed by atoms with Gasteiger partial charge in [-0.15, -0.1) is 0 Å². The third kappa shape index (κ3) is 55.7. The minimum Gasteiger partial charge on any atom is -0.462 e. The maximum Gasteiger partial charge on any atom is 0.310 e. The van der Waals surface area contributed by atoms with E-state index in [0.717, 1.165) is 64.2 Å². The first-order chi connectivity index (χ1) is 33.6. The summed E-state index contributed by atoms with van der Waals surface area (Å²) in [4.78, 5) is 25.5. The summed E-state index contributed by atoms with van der Waals surface area (Å²) in [5.74, 6) is -0.536. The lowest BCUT2D eigenvalue weighted by atomic mass is 10.0. The van der Waals surface area contributed by atoms with Gasteiger partial charge in [-0.3, -0.25) is 9.59 Å². The molecule has 0 aliphatic carbocycles. The summed E-state index contributed by atoms with van der Waals surface area (Å²) in [7, 11) is 0. The van der Waals surface area contributed by atoms with Crippen molar-refractivity contribution in [2.24, 2.45) is 0 Å². The summed E-state index contributed by atoms with van der Waals surface area (Å²) in [5.41, 5.74) is 0.